The zero-order chi connectivity index (χ0) is 36.0. The van der Waals surface area contributed by atoms with Gasteiger partial charge in [0.1, 0.15) is 40.9 Å². The van der Waals surface area contributed by atoms with Gasteiger partial charge in [-0.15, -0.1) is 22.9 Å². The SMILES string of the molecule is COCOC1(CC#C[Si](C)(C)C)C=CC(CC(C)(C)[Si](C)(C)O[Si](C)(C)C(C)(C)CC2C=CC(CC#C[Si](C)(C)C)(OCOC)C2)C1. The third kappa shape index (κ3) is 12.8. The average molecular weight is 719 g/mol. The summed E-state index contributed by atoms with van der Waals surface area (Å²) in [6.07, 6.45) is 14.8. The molecule has 0 radical (unpaired) electrons. The Balaban J connectivity index is 2.14. The maximum Gasteiger partial charge on any atom is 0.179 e. The van der Waals surface area contributed by atoms with Crippen LogP contribution in [0.4, 0.5) is 0 Å². The van der Waals surface area contributed by atoms with Crippen LogP contribution in [-0.4, -0.2) is 71.8 Å². The zero-order valence-corrected chi connectivity index (χ0v) is 37.2. The number of hydrogen-bond donors (Lipinski definition) is 0. The van der Waals surface area contributed by atoms with Gasteiger partial charge >= 0.3 is 0 Å². The van der Waals surface area contributed by atoms with E-state index in [1.807, 2.05) is 0 Å². The summed E-state index contributed by atoms with van der Waals surface area (Å²) < 4.78 is 30.8. The van der Waals surface area contributed by atoms with E-state index in [9.17, 15) is 0 Å². The van der Waals surface area contributed by atoms with Gasteiger partial charge in [0.05, 0.1) is 0 Å². The Kier molecular flexibility index (Phi) is 14.5. The van der Waals surface area contributed by atoms with Gasteiger partial charge < -0.3 is 23.1 Å². The molecule has 2 aliphatic carbocycles. The van der Waals surface area contributed by atoms with Crippen LogP contribution in [-0.2, 0) is 23.1 Å². The van der Waals surface area contributed by atoms with Gasteiger partial charge in [-0.1, -0.05) is 91.3 Å². The van der Waals surface area contributed by atoms with Crippen LogP contribution in [0.15, 0.2) is 24.3 Å². The van der Waals surface area contributed by atoms with Crippen molar-refractivity contribution in [1.29, 1.82) is 0 Å². The Labute approximate surface area is 294 Å². The Bertz CT molecular complexity index is 1120. The molecule has 9 heteroatoms. The van der Waals surface area contributed by atoms with Crippen molar-refractivity contribution in [2.45, 2.75) is 153 Å². The Morgan fingerprint density at radius 2 is 0.957 bits per heavy atom. The lowest BCUT2D eigenvalue weighted by atomic mass is 9.90. The van der Waals surface area contributed by atoms with E-state index < -0.39 is 32.8 Å². The van der Waals surface area contributed by atoms with Crippen LogP contribution in [0.5, 0.6) is 0 Å². The minimum atomic E-state index is -2.14. The van der Waals surface area contributed by atoms with Crippen molar-refractivity contribution in [3.05, 3.63) is 24.3 Å². The normalized spacial score (nSPS) is 25.4. The van der Waals surface area contributed by atoms with Crippen molar-refractivity contribution >= 4 is 32.8 Å². The maximum absolute atomic E-state index is 7.51. The standard InChI is InChI=1S/C38H70O5Si4/c1-35(2,27-33-19-23-37(29-33,41-31-39-5)21-17-25-44(7,8)9)46(13,14)43-47(15,16)36(3,4)28-34-20-24-38(30-34,42-32-40-6)22-18-26-45(10,11)12/h19-20,23-24,33-34H,21-22,27-32H2,1-16H3. The molecule has 0 aromatic heterocycles. The first-order chi connectivity index (χ1) is 21.3. The van der Waals surface area contributed by atoms with Gasteiger partial charge in [-0.05, 0) is 73.8 Å². The monoisotopic (exact) mass is 718 g/mol. The van der Waals surface area contributed by atoms with Crippen LogP contribution in [0.25, 0.3) is 0 Å². The molecule has 0 aliphatic heterocycles. The average Bonchev–Trinajstić information content (AvgIpc) is 3.47. The highest BCUT2D eigenvalue weighted by Gasteiger charge is 2.52. The largest absolute Gasteiger partial charge is 0.455 e. The number of methoxy groups -OCH3 is 2. The minimum absolute atomic E-state index is 0.0785. The Hall–Kier alpha value is -0.732. The van der Waals surface area contributed by atoms with E-state index in [2.05, 4.69) is 140 Å². The smallest absolute Gasteiger partial charge is 0.179 e. The molecular weight excluding hydrogens is 649 g/mol. The molecule has 0 aromatic carbocycles. The van der Waals surface area contributed by atoms with Crippen molar-refractivity contribution in [1.82, 2.24) is 0 Å². The topological polar surface area (TPSA) is 46.2 Å². The van der Waals surface area contributed by atoms with E-state index in [1.165, 1.54) is 0 Å². The molecule has 0 fully saturated rings. The Morgan fingerprint density at radius 3 is 1.26 bits per heavy atom. The van der Waals surface area contributed by atoms with Crippen LogP contribution in [0.2, 0.25) is 75.5 Å². The van der Waals surface area contributed by atoms with Crippen LogP contribution in [0, 0.1) is 34.8 Å². The second-order valence-electron chi connectivity index (χ2n) is 18.6. The van der Waals surface area contributed by atoms with E-state index in [1.54, 1.807) is 14.2 Å². The second kappa shape index (κ2) is 16.1. The van der Waals surface area contributed by atoms with Crippen LogP contribution in [0.3, 0.4) is 0 Å². The molecule has 0 amide bonds. The first kappa shape index (κ1) is 42.4. The molecule has 47 heavy (non-hydrogen) atoms. The number of ether oxygens (including phenoxy) is 4. The van der Waals surface area contributed by atoms with Gasteiger partial charge in [-0.25, -0.2) is 0 Å². The van der Waals surface area contributed by atoms with Gasteiger partial charge in [0.2, 0.25) is 0 Å². The zero-order valence-electron chi connectivity index (χ0n) is 33.2. The molecule has 0 saturated heterocycles. The second-order valence-corrected chi connectivity index (χ2v) is 37.7. The van der Waals surface area contributed by atoms with Crippen LogP contribution < -0.4 is 0 Å². The molecule has 0 spiro atoms. The van der Waals surface area contributed by atoms with Crippen LogP contribution in [0.1, 0.15) is 66.2 Å². The minimum Gasteiger partial charge on any atom is -0.455 e. The maximum atomic E-state index is 7.51. The highest BCUT2D eigenvalue weighted by molar-refractivity contribution is 6.87. The molecule has 2 rings (SSSR count). The molecule has 4 unspecified atom stereocenters. The van der Waals surface area contributed by atoms with E-state index in [0.29, 0.717) is 11.8 Å². The summed E-state index contributed by atoms with van der Waals surface area (Å²) in [5, 5.41) is 0.157. The fraction of sp³-hybridized carbons (Fsp3) is 0.789. The van der Waals surface area contributed by atoms with E-state index in [-0.39, 0.29) is 34.9 Å². The van der Waals surface area contributed by atoms with Crippen LogP contribution >= 0.6 is 0 Å². The summed E-state index contributed by atoms with van der Waals surface area (Å²) in [6.45, 7) is 33.8. The molecule has 5 nitrogen and oxygen atoms in total. The first-order valence-corrected chi connectivity index (χ1v) is 30.5. The summed E-state index contributed by atoms with van der Waals surface area (Å²) in [6, 6.07) is 0. The van der Waals surface area contributed by atoms with Gasteiger partial charge in [-0.2, -0.15) is 0 Å². The summed E-state index contributed by atoms with van der Waals surface area (Å²) in [4.78, 5) is 0. The lowest BCUT2D eigenvalue weighted by Crippen LogP contribution is -2.55. The van der Waals surface area contributed by atoms with E-state index >= 15 is 0 Å². The van der Waals surface area contributed by atoms with Gasteiger partial charge in [0.15, 0.2) is 16.6 Å². The molecular formula is C38H70O5Si4. The van der Waals surface area contributed by atoms with E-state index in [0.717, 1.165) is 38.5 Å². The van der Waals surface area contributed by atoms with Crippen molar-refractivity contribution in [2.75, 3.05) is 27.8 Å². The number of allylic oxidation sites excluding steroid dienone is 2. The van der Waals surface area contributed by atoms with Gasteiger partial charge in [0, 0.05) is 27.1 Å². The van der Waals surface area contributed by atoms with Crippen molar-refractivity contribution in [3.63, 3.8) is 0 Å². The van der Waals surface area contributed by atoms with Gasteiger partial charge in [0.25, 0.3) is 0 Å². The third-order valence-corrected chi connectivity index (χ3v) is 23.4. The highest BCUT2D eigenvalue weighted by Crippen LogP contribution is 2.53. The third-order valence-electron chi connectivity index (χ3n) is 10.5. The highest BCUT2D eigenvalue weighted by atomic mass is 28.4. The predicted molar refractivity (Wildman–Crippen MR) is 211 cm³/mol. The summed E-state index contributed by atoms with van der Waals surface area (Å²) in [7, 11) is -3.78. The quantitative estimate of drug-likeness (QED) is 0.0688. The lowest BCUT2D eigenvalue weighted by Gasteiger charge is -2.50. The first-order valence-electron chi connectivity index (χ1n) is 17.7. The molecule has 4 atom stereocenters. The molecule has 0 heterocycles. The van der Waals surface area contributed by atoms with Crippen molar-refractivity contribution in [2.24, 2.45) is 11.8 Å². The summed E-state index contributed by atoms with van der Waals surface area (Å²) in [5.74, 6) is 7.82. The molecule has 0 bridgehead atoms. The molecule has 0 aromatic rings. The number of hydrogen-bond acceptors (Lipinski definition) is 5. The summed E-state index contributed by atoms with van der Waals surface area (Å²) in [5.41, 5.74) is 6.33. The van der Waals surface area contributed by atoms with E-state index in [4.69, 9.17) is 23.1 Å². The molecule has 0 N–H and O–H groups in total. The fourth-order valence-electron chi connectivity index (χ4n) is 6.63. The predicted octanol–water partition coefficient (Wildman–Crippen LogP) is 10.2. The fourth-order valence-corrected chi connectivity index (χ4v) is 16.7. The summed E-state index contributed by atoms with van der Waals surface area (Å²) >= 11 is 0. The van der Waals surface area contributed by atoms with Crippen molar-refractivity contribution < 1.29 is 23.1 Å². The Morgan fingerprint density at radius 1 is 0.617 bits per heavy atom. The lowest BCUT2D eigenvalue weighted by molar-refractivity contribution is -0.109. The van der Waals surface area contributed by atoms with Gasteiger partial charge in [-0.3, -0.25) is 0 Å². The molecule has 268 valence electrons. The van der Waals surface area contributed by atoms with Crippen molar-refractivity contribution in [3.8, 4) is 22.9 Å². The molecule has 0 saturated carbocycles. The molecule has 2 aliphatic rings. The number of rotatable bonds is 16.